The molecule has 104 valence electrons. The lowest BCUT2D eigenvalue weighted by molar-refractivity contribution is 0.0541. The van der Waals surface area contributed by atoms with Crippen molar-refractivity contribution in [2.45, 2.75) is 38.4 Å². The molecule has 0 bridgehead atoms. The predicted octanol–water partition coefficient (Wildman–Crippen LogP) is 1.04. The van der Waals surface area contributed by atoms with Gasteiger partial charge in [-0.1, -0.05) is 6.07 Å². The summed E-state index contributed by atoms with van der Waals surface area (Å²) in [5, 5.41) is 0. The number of nitrogens with zero attached hydrogens (tertiary/aromatic N) is 3. The van der Waals surface area contributed by atoms with Gasteiger partial charge in [0.1, 0.15) is 5.82 Å². The van der Waals surface area contributed by atoms with E-state index in [9.17, 15) is 0 Å². The number of nitrogen functional groups attached to an aromatic ring is 1. The van der Waals surface area contributed by atoms with Gasteiger partial charge >= 0.3 is 0 Å². The lowest BCUT2D eigenvalue weighted by atomic mass is 10.1. The maximum absolute atomic E-state index is 5.54. The van der Waals surface area contributed by atoms with Gasteiger partial charge in [0.05, 0.1) is 0 Å². The minimum Gasteiger partial charge on any atom is -0.308 e. The number of aromatic nitrogens is 1. The normalized spacial score (nSPS) is 28.3. The summed E-state index contributed by atoms with van der Waals surface area (Å²) in [7, 11) is 0. The van der Waals surface area contributed by atoms with E-state index in [0.29, 0.717) is 6.04 Å². The SMILES string of the molecule is CC1CN2CCCC2CN1Cc1cccnc1NN. The van der Waals surface area contributed by atoms with Crippen molar-refractivity contribution in [1.82, 2.24) is 14.8 Å². The van der Waals surface area contributed by atoms with E-state index in [0.717, 1.165) is 18.4 Å². The second-order valence-corrected chi connectivity index (χ2v) is 5.72. The van der Waals surface area contributed by atoms with Crippen molar-refractivity contribution in [3.8, 4) is 0 Å². The molecule has 0 saturated carbocycles. The molecule has 1 aromatic rings. The fourth-order valence-electron chi connectivity index (χ4n) is 3.38. The van der Waals surface area contributed by atoms with Crippen LogP contribution in [0.15, 0.2) is 18.3 Å². The van der Waals surface area contributed by atoms with Crippen LogP contribution in [0.3, 0.4) is 0 Å². The summed E-state index contributed by atoms with van der Waals surface area (Å²) in [6.07, 6.45) is 4.48. The third-order valence-electron chi connectivity index (χ3n) is 4.47. The van der Waals surface area contributed by atoms with Crippen LogP contribution < -0.4 is 11.3 Å². The summed E-state index contributed by atoms with van der Waals surface area (Å²) >= 11 is 0. The van der Waals surface area contributed by atoms with Gasteiger partial charge in [-0.3, -0.25) is 9.80 Å². The molecule has 1 aromatic heterocycles. The lowest BCUT2D eigenvalue weighted by Gasteiger charge is -2.42. The summed E-state index contributed by atoms with van der Waals surface area (Å²) in [4.78, 5) is 9.49. The fraction of sp³-hybridized carbons (Fsp3) is 0.643. The molecule has 3 N–H and O–H groups in total. The number of hydrogen-bond donors (Lipinski definition) is 2. The lowest BCUT2D eigenvalue weighted by Crippen LogP contribution is -2.54. The molecule has 0 radical (unpaired) electrons. The van der Waals surface area contributed by atoms with Crippen LogP contribution in [0.1, 0.15) is 25.3 Å². The first-order valence-corrected chi connectivity index (χ1v) is 7.16. The van der Waals surface area contributed by atoms with Crippen molar-refractivity contribution in [1.29, 1.82) is 0 Å². The van der Waals surface area contributed by atoms with Crippen LogP contribution in [0, 0.1) is 0 Å². The van der Waals surface area contributed by atoms with Gasteiger partial charge in [-0.25, -0.2) is 10.8 Å². The standard InChI is InChI=1S/C14H23N5/c1-11-8-18-7-3-5-13(18)10-19(11)9-12-4-2-6-16-14(12)17-15/h2,4,6,11,13H,3,5,7-10,15H2,1H3,(H,16,17). The number of hydrazine groups is 1. The van der Waals surface area contributed by atoms with Crippen LogP contribution in [0.4, 0.5) is 5.82 Å². The Balaban J connectivity index is 1.72. The zero-order chi connectivity index (χ0) is 13.2. The van der Waals surface area contributed by atoms with Crippen LogP contribution in [-0.2, 0) is 6.54 Å². The average Bonchev–Trinajstić information content (AvgIpc) is 2.87. The predicted molar refractivity (Wildman–Crippen MR) is 76.5 cm³/mol. The van der Waals surface area contributed by atoms with E-state index in [-0.39, 0.29) is 0 Å². The molecule has 2 atom stereocenters. The van der Waals surface area contributed by atoms with Crippen LogP contribution in [0.5, 0.6) is 0 Å². The van der Waals surface area contributed by atoms with E-state index in [2.05, 4.69) is 33.2 Å². The number of piperazine rings is 1. The zero-order valence-electron chi connectivity index (χ0n) is 11.5. The number of nitrogens with one attached hydrogen (secondary N) is 1. The topological polar surface area (TPSA) is 57.4 Å². The fourth-order valence-corrected chi connectivity index (χ4v) is 3.38. The first-order valence-electron chi connectivity index (χ1n) is 7.16. The van der Waals surface area contributed by atoms with Crippen LogP contribution in [-0.4, -0.2) is 46.5 Å². The molecule has 2 aliphatic heterocycles. The Morgan fingerprint density at radius 1 is 1.47 bits per heavy atom. The second-order valence-electron chi connectivity index (χ2n) is 5.72. The molecule has 3 heterocycles. The van der Waals surface area contributed by atoms with E-state index < -0.39 is 0 Å². The summed E-state index contributed by atoms with van der Waals surface area (Å²) in [6.45, 7) is 6.89. The molecular formula is C14H23N5. The van der Waals surface area contributed by atoms with E-state index in [4.69, 9.17) is 5.84 Å². The first-order chi connectivity index (χ1) is 9.28. The minimum atomic E-state index is 0.597. The molecule has 2 aliphatic rings. The molecule has 19 heavy (non-hydrogen) atoms. The maximum Gasteiger partial charge on any atom is 0.144 e. The second kappa shape index (κ2) is 5.45. The summed E-state index contributed by atoms with van der Waals surface area (Å²) < 4.78 is 0. The summed E-state index contributed by atoms with van der Waals surface area (Å²) in [5.41, 5.74) is 3.88. The van der Waals surface area contributed by atoms with Crippen LogP contribution in [0.2, 0.25) is 0 Å². The first kappa shape index (κ1) is 12.8. The highest BCUT2D eigenvalue weighted by atomic mass is 15.3. The van der Waals surface area contributed by atoms with Gasteiger partial charge in [0.2, 0.25) is 0 Å². The van der Waals surface area contributed by atoms with E-state index >= 15 is 0 Å². The van der Waals surface area contributed by atoms with Gasteiger partial charge < -0.3 is 5.43 Å². The number of pyridine rings is 1. The Labute approximate surface area is 114 Å². The Kier molecular flexibility index (Phi) is 3.68. The van der Waals surface area contributed by atoms with Crippen LogP contribution in [0.25, 0.3) is 0 Å². The number of rotatable bonds is 3. The van der Waals surface area contributed by atoms with Gasteiger partial charge in [-0.2, -0.15) is 0 Å². The molecule has 0 aliphatic carbocycles. The number of nitrogens with two attached hydrogens (primary N) is 1. The molecule has 3 rings (SSSR count). The Morgan fingerprint density at radius 2 is 2.37 bits per heavy atom. The third kappa shape index (κ3) is 2.59. The molecule has 5 nitrogen and oxygen atoms in total. The highest BCUT2D eigenvalue weighted by molar-refractivity contribution is 5.42. The van der Waals surface area contributed by atoms with Gasteiger partial charge in [-0.05, 0) is 32.4 Å². The molecule has 0 amide bonds. The molecule has 2 saturated heterocycles. The largest absolute Gasteiger partial charge is 0.308 e. The molecule has 5 heteroatoms. The van der Waals surface area contributed by atoms with Crippen molar-refractivity contribution in [3.63, 3.8) is 0 Å². The molecule has 0 spiro atoms. The minimum absolute atomic E-state index is 0.597. The van der Waals surface area contributed by atoms with Gasteiger partial charge in [0.25, 0.3) is 0 Å². The number of hydrogen-bond acceptors (Lipinski definition) is 5. The van der Waals surface area contributed by atoms with Crippen molar-refractivity contribution < 1.29 is 0 Å². The van der Waals surface area contributed by atoms with Crippen molar-refractivity contribution in [2.75, 3.05) is 25.1 Å². The maximum atomic E-state index is 5.54. The highest BCUT2D eigenvalue weighted by Gasteiger charge is 2.34. The summed E-state index contributed by atoms with van der Waals surface area (Å²) in [6, 6.07) is 5.44. The van der Waals surface area contributed by atoms with Crippen molar-refractivity contribution >= 4 is 5.82 Å². The quantitative estimate of drug-likeness (QED) is 0.629. The van der Waals surface area contributed by atoms with Gasteiger partial charge in [-0.15, -0.1) is 0 Å². The monoisotopic (exact) mass is 261 g/mol. The van der Waals surface area contributed by atoms with E-state index in [1.165, 1.54) is 38.0 Å². The van der Waals surface area contributed by atoms with E-state index in [1.54, 1.807) is 6.20 Å². The molecular weight excluding hydrogens is 238 g/mol. The third-order valence-corrected chi connectivity index (χ3v) is 4.47. The van der Waals surface area contributed by atoms with Crippen LogP contribution >= 0.6 is 0 Å². The Hall–Kier alpha value is -1.17. The Bertz CT molecular complexity index is 436. The number of fused-ring (bicyclic) bond motifs is 1. The zero-order valence-corrected chi connectivity index (χ0v) is 11.5. The van der Waals surface area contributed by atoms with Gasteiger partial charge in [0, 0.05) is 43.5 Å². The van der Waals surface area contributed by atoms with E-state index in [1.807, 2.05) is 6.07 Å². The number of anilines is 1. The molecule has 2 unspecified atom stereocenters. The van der Waals surface area contributed by atoms with Gasteiger partial charge in [0.15, 0.2) is 0 Å². The smallest absolute Gasteiger partial charge is 0.144 e. The highest BCUT2D eigenvalue weighted by Crippen LogP contribution is 2.26. The molecule has 0 aromatic carbocycles. The molecule has 2 fully saturated rings. The van der Waals surface area contributed by atoms with Crippen molar-refractivity contribution in [2.24, 2.45) is 5.84 Å². The average molecular weight is 261 g/mol. The van der Waals surface area contributed by atoms with Crippen molar-refractivity contribution in [3.05, 3.63) is 23.9 Å². The summed E-state index contributed by atoms with van der Waals surface area (Å²) in [5.74, 6) is 6.33. The Morgan fingerprint density at radius 3 is 3.21 bits per heavy atom.